The van der Waals surface area contributed by atoms with Crippen molar-refractivity contribution in [3.8, 4) is 17.0 Å². The number of hydrogen-bond acceptors (Lipinski definition) is 3. The van der Waals surface area contributed by atoms with Crippen LogP contribution in [0, 0.1) is 0 Å². The standard InChI is InChI=1S/C19H20N2O2/c20-15-8-6-14-17-13(15)7-9-16(23-11-10-22)19(17)21-18(14)12-4-2-1-3-5-12/h1-5,7,9,15,21-22H,6,8,10-11,20H2. The summed E-state index contributed by atoms with van der Waals surface area (Å²) in [6, 6.07) is 14.4. The van der Waals surface area contributed by atoms with E-state index < -0.39 is 0 Å². The van der Waals surface area contributed by atoms with Gasteiger partial charge in [-0.2, -0.15) is 0 Å². The zero-order valence-corrected chi connectivity index (χ0v) is 12.9. The summed E-state index contributed by atoms with van der Waals surface area (Å²) in [4.78, 5) is 3.55. The molecule has 1 atom stereocenters. The first-order chi connectivity index (χ1) is 11.3. The van der Waals surface area contributed by atoms with Gasteiger partial charge in [0, 0.05) is 17.1 Å². The SMILES string of the molecule is NC1CCc2c(-c3ccccc3)[nH]c3c(OCCO)ccc1c23. The van der Waals surface area contributed by atoms with E-state index in [0.717, 1.165) is 29.8 Å². The van der Waals surface area contributed by atoms with Crippen LogP contribution in [0.25, 0.3) is 22.2 Å². The van der Waals surface area contributed by atoms with Gasteiger partial charge in [0.25, 0.3) is 0 Å². The molecule has 4 heteroatoms. The van der Waals surface area contributed by atoms with Crippen LogP contribution in [0.15, 0.2) is 42.5 Å². The lowest BCUT2D eigenvalue weighted by Gasteiger charge is -2.21. The third kappa shape index (κ3) is 2.31. The molecule has 4 N–H and O–H groups in total. The number of nitrogens with two attached hydrogens (primary N) is 1. The van der Waals surface area contributed by atoms with Crippen molar-refractivity contribution in [1.82, 2.24) is 4.98 Å². The molecular weight excluding hydrogens is 288 g/mol. The Morgan fingerprint density at radius 2 is 2.00 bits per heavy atom. The second-order valence-corrected chi connectivity index (χ2v) is 5.96. The summed E-state index contributed by atoms with van der Waals surface area (Å²) < 4.78 is 5.71. The van der Waals surface area contributed by atoms with Gasteiger partial charge in [-0.15, -0.1) is 0 Å². The summed E-state index contributed by atoms with van der Waals surface area (Å²) in [5, 5.41) is 10.2. The Kier molecular flexibility index (Phi) is 3.56. The first kappa shape index (κ1) is 14.3. The zero-order chi connectivity index (χ0) is 15.8. The Morgan fingerprint density at radius 1 is 1.17 bits per heavy atom. The van der Waals surface area contributed by atoms with E-state index in [4.69, 9.17) is 15.6 Å². The highest BCUT2D eigenvalue weighted by Gasteiger charge is 2.25. The maximum absolute atomic E-state index is 9.04. The van der Waals surface area contributed by atoms with Gasteiger partial charge in [0.15, 0.2) is 0 Å². The van der Waals surface area contributed by atoms with Crippen LogP contribution >= 0.6 is 0 Å². The minimum absolute atomic E-state index is 0.00185. The number of aliphatic hydroxyl groups excluding tert-OH is 1. The predicted molar refractivity (Wildman–Crippen MR) is 91.6 cm³/mol. The highest BCUT2D eigenvalue weighted by molar-refractivity contribution is 5.97. The summed E-state index contributed by atoms with van der Waals surface area (Å²) in [6.45, 7) is 0.289. The quantitative estimate of drug-likeness (QED) is 0.693. The van der Waals surface area contributed by atoms with Crippen LogP contribution in [0.3, 0.4) is 0 Å². The van der Waals surface area contributed by atoms with E-state index in [9.17, 15) is 0 Å². The lowest BCUT2D eigenvalue weighted by atomic mass is 9.87. The number of benzene rings is 2. The summed E-state index contributed by atoms with van der Waals surface area (Å²) in [7, 11) is 0. The minimum atomic E-state index is 0.00185. The lowest BCUT2D eigenvalue weighted by molar-refractivity contribution is 0.202. The van der Waals surface area contributed by atoms with Gasteiger partial charge in [-0.05, 0) is 35.6 Å². The first-order valence-electron chi connectivity index (χ1n) is 8.01. The van der Waals surface area contributed by atoms with Gasteiger partial charge < -0.3 is 20.6 Å². The fourth-order valence-corrected chi connectivity index (χ4v) is 3.52. The van der Waals surface area contributed by atoms with E-state index in [1.54, 1.807) is 0 Å². The molecule has 1 aliphatic rings. The maximum atomic E-state index is 9.04. The van der Waals surface area contributed by atoms with Gasteiger partial charge in [0.05, 0.1) is 12.1 Å². The van der Waals surface area contributed by atoms with Crippen LogP contribution in [0.4, 0.5) is 0 Å². The normalized spacial score (nSPS) is 16.7. The van der Waals surface area contributed by atoms with E-state index >= 15 is 0 Å². The van der Waals surface area contributed by atoms with Crippen molar-refractivity contribution >= 4 is 10.9 Å². The predicted octanol–water partition coefficient (Wildman–Crippen LogP) is 3.15. The molecule has 0 saturated carbocycles. The van der Waals surface area contributed by atoms with E-state index in [1.165, 1.54) is 22.1 Å². The van der Waals surface area contributed by atoms with E-state index in [1.807, 2.05) is 24.3 Å². The fraction of sp³-hybridized carbons (Fsp3) is 0.263. The van der Waals surface area contributed by atoms with E-state index in [-0.39, 0.29) is 19.3 Å². The summed E-state index contributed by atoms with van der Waals surface area (Å²) >= 11 is 0. The molecular formula is C19H20N2O2. The average Bonchev–Trinajstić information content (AvgIpc) is 2.98. The van der Waals surface area contributed by atoms with Crippen LogP contribution < -0.4 is 10.5 Å². The number of aromatic nitrogens is 1. The Balaban J connectivity index is 1.96. The van der Waals surface area contributed by atoms with Crippen molar-refractivity contribution in [1.29, 1.82) is 0 Å². The molecule has 0 radical (unpaired) electrons. The van der Waals surface area contributed by atoms with Crippen LogP contribution in [-0.2, 0) is 6.42 Å². The molecule has 4 nitrogen and oxygen atoms in total. The summed E-state index contributed by atoms with van der Waals surface area (Å²) in [5.74, 6) is 0.773. The second kappa shape index (κ2) is 5.72. The Hall–Kier alpha value is -2.30. The average molecular weight is 308 g/mol. The molecule has 0 saturated heterocycles. The van der Waals surface area contributed by atoms with Crippen molar-refractivity contribution < 1.29 is 9.84 Å². The molecule has 1 aromatic heterocycles. The van der Waals surface area contributed by atoms with Gasteiger partial charge in [-0.25, -0.2) is 0 Å². The molecule has 1 unspecified atom stereocenters. The van der Waals surface area contributed by atoms with Gasteiger partial charge >= 0.3 is 0 Å². The zero-order valence-electron chi connectivity index (χ0n) is 12.9. The topological polar surface area (TPSA) is 71.3 Å². The van der Waals surface area contributed by atoms with Gasteiger partial charge in [0.1, 0.15) is 12.4 Å². The highest BCUT2D eigenvalue weighted by Crippen LogP contribution is 2.43. The Bertz CT molecular complexity index is 839. The largest absolute Gasteiger partial charge is 0.489 e. The Labute approximate surface area is 134 Å². The molecule has 1 heterocycles. The van der Waals surface area contributed by atoms with Gasteiger partial charge in [0.2, 0.25) is 0 Å². The highest BCUT2D eigenvalue weighted by atomic mass is 16.5. The molecule has 118 valence electrons. The molecule has 4 rings (SSSR count). The fourth-order valence-electron chi connectivity index (χ4n) is 3.52. The number of H-pyrrole nitrogens is 1. The van der Waals surface area contributed by atoms with Gasteiger partial charge in [-0.3, -0.25) is 0 Å². The number of aliphatic hydroxyl groups is 1. The molecule has 0 amide bonds. The van der Waals surface area contributed by atoms with Crippen molar-refractivity contribution in [2.75, 3.05) is 13.2 Å². The lowest BCUT2D eigenvalue weighted by Crippen LogP contribution is -2.15. The maximum Gasteiger partial charge on any atom is 0.143 e. The number of rotatable bonds is 4. The van der Waals surface area contributed by atoms with E-state index in [2.05, 4.69) is 23.2 Å². The van der Waals surface area contributed by atoms with Crippen molar-refractivity contribution in [2.45, 2.75) is 18.9 Å². The minimum Gasteiger partial charge on any atom is -0.489 e. The molecule has 0 bridgehead atoms. The number of ether oxygens (including phenoxy) is 1. The van der Waals surface area contributed by atoms with Crippen LogP contribution in [0.5, 0.6) is 5.75 Å². The smallest absolute Gasteiger partial charge is 0.143 e. The van der Waals surface area contributed by atoms with Crippen molar-refractivity contribution in [3.63, 3.8) is 0 Å². The van der Waals surface area contributed by atoms with E-state index in [0.29, 0.717) is 0 Å². The third-order valence-electron chi connectivity index (χ3n) is 4.57. The van der Waals surface area contributed by atoms with Crippen molar-refractivity contribution in [2.24, 2.45) is 5.73 Å². The molecule has 0 aliphatic heterocycles. The monoisotopic (exact) mass is 308 g/mol. The number of nitrogens with one attached hydrogen (secondary N) is 1. The van der Waals surface area contributed by atoms with Crippen LogP contribution in [0.2, 0.25) is 0 Å². The summed E-state index contributed by atoms with van der Waals surface area (Å²) in [6.07, 6.45) is 1.92. The van der Waals surface area contributed by atoms with Crippen LogP contribution in [0.1, 0.15) is 23.6 Å². The molecule has 1 aliphatic carbocycles. The number of hydrogen-bond donors (Lipinski definition) is 3. The molecule has 0 spiro atoms. The number of aryl methyl sites for hydroxylation is 1. The van der Waals surface area contributed by atoms with Crippen LogP contribution in [-0.4, -0.2) is 23.3 Å². The van der Waals surface area contributed by atoms with Gasteiger partial charge in [-0.1, -0.05) is 36.4 Å². The Morgan fingerprint density at radius 3 is 2.78 bits per heavy atom. The molecule has 3 aromatic rings. The first-order valence-corrected chi connectivity index (χ1v) is 8.01. The molecule has 0 fully saturated rings. The summed E-state index contributed by atoms with van der Waals surface area (Å²) in [5.41, 5.74) is 12.1. The molecule has 23 heavy (non-hydrogen) atoms. The van der Waals surface area contributed by atoms with Crippen molar-refractivity contribution in [3.05, 3.63) is 53.6 Å². The third-order valence-corrected chi connectivity index (χ3v) is 4.57. The second-order valence-electron chi connectivity index (χ2n) is 5.96. The molecule has 2 aromatic carbocycles. The number of aromatic amines is 1.